The Morgan fingerprint density at radius 2 is 0.320 bits per heavy atom. The van der Waals surface area contributed by atoms with Crippen LogP contribution in [0.15, 0.2) is 479 Å². The summed E-state index contributed by atoms with van der Waals surface area (Å²) in [7, 11) is 0. The molecule has 0 heteroatoms. The van der Waals surface area contributed by atoms with Crippen LogP contribution in [0, 0.1) is 108 Å². The van der Waals surface area contributed by atoms with Crippen LogP contribution in [-0.4, -0.2) is 0 Å². The van der Waals surface area contributed by atoms with Crippen molar-refractivity contribution in [1.29, 1.82) is 0 Å². The summed E-state index contributed by atoms with van der Waals surface area (Å²) in [5.74, 6) is 37.4. The van der Waals surface area contributed by atoms with Crippen molar-refractivity contribution in [2.24, 2.45) is 22.7 Å². The Bertz CT molecular complexity index is 6020. The van der Waals surface area contributed by atoms with E-state index in [0.717, 1.165) is 61.6 Å². The van der Waals surface area contributed by atoms with E-state index in [4.69, 9.17) is 0 Å². The molecule has 24 rings (SSSR count). The fourth-order valence-electron chi connectivity index (χ4n) is 18.9. The van der Waals surface area contributed by atoms with Crippen LogP contribution < -0.4 is 0 Å². The predicted octanol–water partition coefficient (Wildman–Crippen LogP) is 41.9. The first-order valence-corrected chi connectivity index (χ1v) is 54.6. The van der Waals surface area contributed by atoms with Gasteiger partial charge < -0.3 is 0 Å². The molecule has 0 amide bonds. The Kier molecular flexibility index (Phi) is 64.6. The highest BCUT2D eigenvalue weighted by Crippen LogP contribution is 2.65. The van der Waals surface area contributed by atoms with Gasteiger partial charge in [-0.1, -0.05) is 572 Å². The first kappa shape index (κ1) is 126. The molecule has 7 aliphatic rings. The average Bonchev–Trinajstić information content (AvgIpc) is 1.54. The second-order valence-corrected chi connectivity index (χ2v) is 34.3. The summed E-state index contributed by atoms with van der Waals surface area (Å²) >= 11 is 0. The van der Waals surface area contributed by atoms with E-state index in [9.17, 15) is 0 Å². The van der Waals surface area contributed by atoms with Crippen molar-refractivity contribution >= 4 is 0 Å². The van der Waals surface area contributed by atoms with Gasteiger partial charge in [0.1, 0.15) is 0 Å². The molecule has 4 fully saturated rings. The van der Waals surface area contributed by atoms with E-state index in [1.807, 2.05) is 394 Å². The van der Waals surface area contributed by atoms with Crippen LogP contribution in [0.25, 0.3) is 55.6 Å². The molecule has 7 aliphatic carbocycles. The maximum Gasteiger partial charge on any atom is 0.0713 e. The summed E-state index contributed by atoms with van der Waals surface area (Å²) in [6.45, 7) is 50.5. The number of aryl methyl sites for hydroxylation is 2. The van der Waals surface area contributed by atoms with Crippen molar-refractivity contribution in [2.45, 2.75) is 217 Å². The first-order chi connectivity index (χ1) is 73.8. The predicted molar refractivity (Wildman–Crippen MR) is 663 cm³/mol. The van der Waals surface area contributed by atoms with E-state index in [-0.39, 0.29) is 5.41 Å². The SMILES string of the molecule is C(#Cc1ccccc1)c1ccccc1.CC.CC.CC.CC.CC.CC.CC.CC.CC#Cc1ccccc1.CC#Cc1ccccc1.CC#Cc1ccccc1.CC#Cc1ccccc1.CC#Cc1ccccc1.CC12CC3CC(C1)CC(C)(C3)C2.Cc1ccccc1.Cc1ccccc1.c1ccc(C2(c3ccccc3)c3ccccc3-c3ccccc32)cc1.c1ccc2c(c1)-c1ccccc1-2.c1ccc2c(c1)-c1ccccc1-2. The molecule has 17 aromatic carbocycles. The Morgan fingerprint density at radius 1 is 0.173 bits per heavy atom. The number of benzene rings is 17. The topological polar surface area (TPSA) is 0 Å². The van der Waals surface area contributed by atoms with Crippen LogP contribution >= 0.6 is 0 Å². The van der Waals surface area contributed by atoms with Crippen molar-refractivity contribution in [3.63, 3.8) is 0 Å². The van der Waals surface area contributed by atoms with E-state index in [1.165, 1.54) is 95.4 Å². The third-order valence-corrected chi connectivity index (χ3v) is 23.9. The van der Waals surface area contributed by atoms with E-state index in [0.29, 0.717) is 0 Å². The minimum atomic E-state index is -0.254. The highest BCUT2D eigenvalue weighted by Gasteiger charge is 2.53. The van der Waals surface area contributed by atoms with E-state index >= 15 is 0 Å². The largest absolute Gasteiger partial charge is 0.101 e. The fourth-order valence-corrected chi connectivity index (χ4v) is 18.9. The number of fused-ring (bicyclic) bond motifs is 11. The van der Waals surface area contributed by atoms with Crippen molar-refractivity contribution in [3.05, 3.63) is 552 Å². The van der Waals surface area contributed by atoms with Crippen molar-refractivity contribution in [3.8, 4) is 127 Å². The summed E-state index contributed by atoms with van der Waals surface area (Å²) in [4.78, 5) is 0. The van der Waals surface area contributed by atoms with Crippen LogP contribution in [-0.2, 0) is 5.41 Å². The molecular weight excluding hydrogens is 1800 g/mol. The molecule has 0 radical (unpaired) electrons. The van der Waals surface area contributed by atoms with Gasteiger partial charge in [-0.15, -0.1) is 29.6 Å². The lowest BCUT2D eigenvalue weighted by Crippen LogP contribution is -2.49. The van der Waals surface area contributed by atoms with Gasteiger partial charge in [-0.05, 0) is 272 Å². The fraction of sp³-hybridized carbons (Fsp3) is 0.240. The third kappa shape index (κ3) is 42.1. The molecule has 0 N–H and O–H groups in total. The number of hydrogen-bond acceptors (Lipinski definition) is 0. The molecular formula is C150H168. The standard InChI is InChI=1S/C25H18.C14H10.C12H20.2C12H8.5C9H8.2C7H8.8C2H6/c1-3-11-19(12-4-1)25(20-13-5-2-6-14-20)23-17-9-7-15-21(23)22-16-8-10-18-24(22)25;1-3-7-13(8-4-1)11-12-14-9-5-2-6-10-14;1-11-4-9-3-10(5-11)7-12(2,6-9)8-11;2*1-2-6-10-9(5-1)11-7-3-4-8-12(10)11;5*1-2-6-9-7-4-3-5-8-9;2*1-7-5-3-2-4-6-7;8*1-2/h1-18H;1-10H;9-10H,3-8H2,1-2H3;2*1-8H;5*3-5,7-8H,1H3;2*2-6H,1H3;8*1-2H3. The average molecular weight is 1970 g/mol. The molecule has 150 heavy (non-hydrogen) atoms. The van der Waals surface area contributed by atoms with Crippen molar-refractivity contribution in [2.75, 3.05) is 0 Å². The monoisotopic (exact) mass is 1970 g/mol. The van der Waals surface area contributed by atoms with Gasteiger partial charge in [-0.25, -0.2) is 0 Å². The Morgan fingerprint density at radius 3 is 0.480 bits per heavy atom. The molecule has 0 heterocycles. The van der Waals surface area contributed by atoms with Gasteiger partial charge in [0.25, 0.3) is 0 Å². The minimum absolute atomic E-state index is 0.254. The highest BCUT2D eigenvalue weighted by atomic mass is 14.6. The second-order valence-electron chi connectivity index (χ2n) is 34.3. The van der Waals surface area contributed by atoms with Gasteiger partial charge in [0.05, 0.1) is 5.41 Å². The van der Waals surface area contributed by atoms with Gasteiger partial charge in [-0.2, -0.15) is 0 Å². The smallest absolute Gasteiger partial charge is 0.0713 e. The lowest BCUT2D eigenvalue weighted by molar-refractivity contribution is -0.0920. The van der Waals surface area contributed by atoms with Crippen LogP contribution in [0.5, 0.6) is 0 Å². The molecule has 0 aromatic heterocycles. The minimum Gasteiger partial charge on any atom is -0.101 e. The lowest BCUT2D eigenvalue weighted by Gasteiger charge is -2.60. The summed E-state index contributed by atoms with van der Waals surface area (Å²) in [6, 6.07) is 164. The van der Waals surface area contributed by atoms with Gasteiger partial charge in [-0.3, -0.25) is 0 Å². The Hall–Kier alpha value is -15.9. The van der Waals surface area contributed by atoms with E-state index < -0.39 is 0 Å². The third-order valence-electron chi connectivity index (χ3n) is 23.9. The number of hydrogen-bond donors (Lipinski definition) is 0. The van der Waals surface area contributed by atoms with Crippen LogP contribution in [0.1, 0.15) is 270 Å². The Balaban J connectivity index is 0.000000342. The molecule has 0 spiro atoms. The zero-order chi connectivity index (χ0) is 110. The van der Waals surface area contributed by atoms with Crippen molar-refractivity contribution < 1.29 is 0 Å². The zero-order valence-electron chi connectivity index (χ0n) is 95.0. The van der Waals surface area contributed by atoms with Crippen LogP contribution in [0.4, 0.5) is 0 Å². The molecule has 0 nitrogen and oxygen atoms in total. The molecule has 0 unspecified atom stereocenters. The molecule has 17 aromatic rings. The van der Waals surface area contributed by atoms with Gasteiger partial charge in [0.15, 0.2) is 0 Å². The quantitative estimate of drug-likeness (QED) is 0.151. The summed E-state index contributed by atoms with van der Waals surface area (Å²) in [5.41, 5.74) is 30.7. The summed E-state index contributed by atoms with van der Waals surface area (Å²) in [5, 5.41) is 0. The van der Waals surface area contributed by atoms with Crippen molar-refractivity contribution in [1.82, 2.24) is 0 Å². The maximum absolute atomic E-state index is 3.11. The Labute approximate surface area is 911 Å². The highest BCUT2D eigenvalue weighted by molar-refractivity contribution is 6.03. The van der Waals surface area contributed by atoms with Gasteiger partial charge >= 0.3 is 0 Å². The molecule has 0 saturated heterocycles. The van der Waals surface area contributed by atoms with E-state index in [1.54, 1.807) is 32.1 Å². The maximum atomic E-state index is 3.11. The summed E-state index contributed by atoms with van der Waals surface area (Å²) in [6.07, 6.45) is 9.33. The zero-order valence-corrected chi connectivity index (χ0v) is 95.0. The molecule has 4 saturated carbocycles. The lowest BCUT2D eigenvalue weighted by atomic mass is 9.45. The first-order valence-electron chi connectivity index (χ1n) is 54.6. The molecule has 0 aliphatic heterocycles. The normalized spacial score (nSPS) is 13.4. The number of rotatable bonds is 2. The van der Waals surface area contributed by atoms with E-state index in [2.05, 4.69) is 329 Å². The van der Waals surface area contributed by atoms with Gasteiger partial charge in [0, 0.05) is 38.9 Å². The molecule has 768 valence electrons. The molecule has 4 bridgehead atoms. The van der Waals surface area contributed by atoms with Crippen LogP contribution in [0.3, 0.4) is 0 Å². The second kappa shape index (κ2) is 76.6. The summed E-state index contributed by atoms with van der Waals surface area (Å²) < 4.78 is 0. The van der Waals surface area contributed by atoms with Gasteiger partial charge in [0.2, 0.25) is 0 Å². The molecule has 0 atom stereocenters. The van der Waals surface area contributed by atoms with Crippen LogP contribution in [0.2, 0.25) is 0 Å².